The Hall–Kier alpha value is -2.05. The van der Waals surface area contributed by atoms with Crippen LogP contribution in [0.15, 0.2) is 4.42 Å². The zero-order chi connectivity index (χ0) is 15.1. The number of unbranched alkanes of at least 4 members (excludes halogenated alkanes) is 1. The van der Waals surface area contributed by atoms with E-state index in [1.165, 1.54) is 0 Å². The molecular formula is C13H21N3O4. The van der Waals surface area contributed by atoms with Crippen molar-refractivity contribution in [3.05, 3.63) is 17.3 Å². The zero-order valence-corrected chi connectivity index (χ0v) is 12.0. The number of hydrogen-bond donors (Lipinski definition) is 3. The molecule has 1 heterocycles. The van der Waals surface area contributed by atoms with Gasteiger partial charge in [-0.2, -0.15) is 0 Å². The topological polar surface area (TPSA) is 104 Å². The molecule has 0 radical (unpaired) electrons. The Labute approximate surface area is 117 Å². The summed E-state index contributed by atoms with van der Waals surface area (Å²) in [5, 5.41) is 14.0. The summed E-state index contributed by atoms with van der Waals surface area (Å²) in [5.41, 5.74) is 0.772. The van der Waals surface area contributed by atoms with Crippen molar-refractivity contribution in [3.8, 4) is 0 Å². The Kier molecular flexibility index (Phi) is 6.02. The first-order chi connectivity index (χ1) is 9.43. The minimum Gasteiger partial charge on any atom is -0.480 e. The third-order valence-electron chi connectivity index (χ3n) is 2.92. The molecule has 7 heteroatoms. The number of nitrogens with one attached hydrogen (secondary N) is 2. The number of rotatable bonds is 7. The van der Waals surface area contributed by atoms with Crippen molar-refractivity contribution in [1.82, 2.24) is 15.6 Å². The Morgan fingerprint density at radius 3 is 2.60 bits per heavy atom. The van der Waals surface area contributed by atoms with E-state index < -0.39 is 18.0 Å². The Morgan fingerprint density at radius 2 is 2.10 bits per heavy atom. The van der Waals surface area contributed by atoms with E-state index in [0.29, 0.717) is 18.1 Å². The summed E-state index contributed by atoms with van der Waals surface area (Å²) in [5.74, 6) is 0.0700. The third kappa shape index (κ3) is 4.91. The number of aliphatic carboxylic acids is 1. The fourth-order valence-electron chi connectivity index (χ4n) is 1.65. The maximum Gasteiger partial charge on any atom is 0.326 e. The molecule has 0 fully saturated rings. The summed E-state index contributed by atoms with van der Waals surface area (Å²) in [6, 6.07) is -1.41. The van der Waals surface area contributed by atoms with Crippen molar-refractivity contribution >= 4 is 12.0 Å². The molecule has 0 aliphatic rings. The molecule has 112 valence electrons. The van der Waals surface area contributed by atoms with Crippen LogP contribution in [-0.4, -0.2) is 28.1 Å². The first-order valence-electron chi connectivity index (χ1n) is 6.64. The van der Waals surface area contributed by atoms with E-state index in [9.17, 15) is 9.59 Å². The van der Waals surface area contributed by atoms with Gasteiger partial charge < -0.3 is 20.2 Å². The van der Waals surface area contributed by atoms with Gasteiger partial charge in [0.2, 0.25) is 5.89 Å². The SMILES string of the molecule is CCCCC(NC(=O)NCc1nc(C)c(C)o1)C(=O)O. The van der Waals surface area contributed by atoms with Gasteiger partial charge in [0.25, 0.3) is 0 Å². The molecule has 20 heavy (non-hydrogen) atoms. The fourth-order valence-corrected chi connectivity index (χ4v) is 1.65. The zero-order valence-electron chi connectivity index (χ0n) is 12.0. The number of aromatic nitrogens is 1. The molecule has 1 unspecified atom stereocenters. The molecule has 0 aliphatic carbocycles. The molecule has 0 saturated heterocycles. The van der Waals surface area contributed by atoms with Gasteiger partial charge in [0.15, 0.2) is 0 Å². The highest BCUT2D eigenvalue weighted by Crippen LogP contribution is 2.07. The Morgan fingerprint density at radius 1 is 1.40 bits per heavy atom. The molecule has 0 saturated carbocycles. The van der Waals surface area contributed by atoms with Crippen LogP contribution >= 0.6 is 0 Å². The first kappa shape index (κ1) is 16.0. The monoisotopic (exact) mass is 283 g/mol. The number of hydrogen-bond acceptors (Lipinski definition) is 4. The van der Waals surface area contributed by atoms with Gasteiger partial charge in [-0.15, -0.1) is 0 Å². The van der Waals surface area contributed by atoms with Crippen LogP contribution in [0.2, 0.25) is 0 Å². The van der Waals surface area contributed by atoms with Crippen LogP contribution in [-0.2, 0) is 11.3 Å². The second kappa shape index (κ2) is 7.52. The maximum absolute atomic E-state index is 11.6. The molecule has 0 aromatic carbocycles. The average Bonchev–Trinajstić information content (AvgIpc) is 2.71. The number of amides is 2. The van der Waals surface area contributed by atoms with Gasteiger partial charge in [-0.1, -0.05) is 19.8 Å². The van der Waals surface area contributed by atoms with Crippen LogP contribution in [0.25, 0.3) is 0 Å². The molecular weight excluding hydrogens is 262 g/mol. The molecule has 1 rings (SSSR count). The van der Waals surface area contributed by atoms with Gasteiger partial charge in [0, 0.05) is 0 Å². The van der Waals surface area contributed by atoms with Crippen LogP contribution < -0.4 is 10.6 Å². The largest absolute Gasteiger partial charge is 0.480 e. The quantitative estimate of drug-likeness (QED) is 0.707. The molecule has 3 N–H and O–H groups in total. The van der Waals surface area contributed by atoms with E-state index in [1.807, 2.05) is 13.8 Å². The van der Waals surface area contributed by atoms with Crippen LogP contribution in [0, 0.1) is 13.8 Å². The number of nitrogens with zero attached hydrogens (tertiary/aromatic N) is 1. The van der Waals surface area contributed by atoms with Crippen molar-refractivity contribution in [2.45, 2.75) is 52.6 Å². The van der Waals surface area contributed by atoms with Crippen molar-refractivity contribution in [3.63, 3.8) is 0 Å². The summed E-state index contributed by atoms with van der Waals surface area (Å²) in [6.45, 7) is 5.69. The fraction of sp³-hybridized carbons (Fsp3) is 0.615. The number of urea groups is 1. The standard InChI is InChI=1S/C13H21N3O4/c1-4-5-6-10(12(17)18)16-13(19)14-7-11-15-8(2)9(3)20-11/h10H,4-7H2,1-3H3,(H,17,18)(H2,14,16,19). The highest BCUT2D eigenvalue weighted by atomic mass is 16.4. The number of carbonyl (C=O) groups is 2. The summed E-state index contributed by atoms with van der Waals surface area (Å²) in [6.07, 6.45) is 2.04. The van der Waals surface area contributed by atoms with E-state index in [2.05, 4.69) is 15.6 Å². The van der Waals surface area contributed by atoms with Crippen molar-refractivity contribution in [2.24, 2.45) is 0 Å². The van der Waals surface area contributed by atoms with E-state index in [-0.39, 0.29) is 6.54 Å². The number of carboxylic acid groups (broad SMARTS) is 1. The molecule has 1 aromatic heterocycles. The van der Waals surface area contributed by atoms with E-state index in [1.54, 1.807) is 6.92 Å². The van der Waals surface area contributed by atoms with Gasteiger partial charge in [0.1, 0.15) is 11.8 Å². The molecule has 2 amide bonds. The predicted octanol–water partition coefficient (Wildman–Crippen LogP) is 1.73. The van der Waals surface area contributed by atoms with Crippen LogP contribution in [0.5, 0.6) is 0 Å². The lowest BCUT2D eigenvalue weighted by Gasteiger charge is -2.14. The summed E-state index contributed by atoms with van der Waals surface area (Å²) < 4.78 is 5.31. The smallest absolute Gasteiger partial charge is 0.326 e. The molecule has 0 spiro atoms. The number of carbonyl (C=O) groups excluding carboxylic acids is 1. The number of carboxylic acids is 1. The van der Waals surface area contributed by atoms with Gasteiger partial charge in [0.05, 0.1) is 12.2 Å². The van der Waals surface area contributed by atoms with Gasteiger partial charge in [-0.05, 0) is 20.3 Å². The molecule has 7 nitrogen and oxygen atoms in total. The molecule has 0 aliphatic heterocycles. The number of oxazole rings is 1. The van der Waals surface area contributed by atoms with Crippen LogP contribution in [0.1, 0.15) is 43.5 Å². The summed E-state index contributed by atoms with van der Waals surface area (Å²) >= 11 is 0. The minimum atomic E-state index is -1.03. The van der Waals surface area contributed by atoms with Gasteiger partial charge >= 0.3 is 12.0 Å². The van der Waals surface area contributed by atoms with E-state index >= 15 is 0 Å². The third-order valence-corrected chi connectivity index (χ3v) is 2.92. The second-order valence-corrected chi connectivity index (χ2v) is 4.61. The minimum absolute atomic E-state index is 0.126. The Balaban J connectivity index is 2.43. The summed E-state index contributed by atoms with van der Waals surface area (Å²) in [7, 11) is 0. The maximum atomic E-state index is 11.6. The predicted molar refractivity (Wildman–Crippen MR) is 72.3 cm³/mol. The first-order valence-corrected chi connectivity index (χ1v) is 6.64. The van der Waals surface area contributed by atoms with Crippen molar-refractivity contribution < 1.29 is 19.1 Å². The normalized spacial score (nSPS) is 11.9. The van der Waals surface area contributed by atoms with Crippen LogP contribution in [0.4, 0.5) is 4.79 Å². The molecule has 0 bridgehead atoms. The van der Waals surface area contributed by atoms with E-state index in [4.69, 9.17) is 9.52 Å². The van der Waals surface area contributed by atoms with Crippen LogP contribution in [0.3, 0.4) is 0 Å². The van der Waals surface area contributed by atoms with Gasteiger partial charge in [-0.3, -0.25) is 0 Å². The highest BCUT2D eigenvalue weighted by Gasteiger charge is 2.19. The second-order valence-electron chi connectivity index (χ2n) is 4.61. The Bertz CT molecular complexity index is 451. The van der Waals surface area contributed by atoms with Gasteiger partial charge in [-0.25, -0.2) is 14.6 Å². The number of aryl methyl sites for hydroxylation is 2. The highest BCUT2D eigenvalue weighted by molar-refractivity contribution is 5.82. The average molecular weight is 283 g/mol. The summed E-state index contributed by atoms with van der Waals surface area (Å²) in [4.78, 5) is 26.7. The lowest BCUT2D eigenvalue weighted by atomic mass is 10.1. The molecule has 1 aromatic rings. The van der Waals surface area contributed by atoms with Crippen molar-refractivity contribution in [2.75, 3.05) is 0 Å². The van der Waals surface area contributed by atoms with E-state index in [0.717, 1.165) is 18.5 Å². The lowest BCUT2D eigenvalue weighted by Crippen LogP contribution is -2.45. The van der Waals surface area contributed by atoms with Crippen molar-refractivity contribution in [1.29, 1.82) is 0 Å². The molecule has 1 atom stereocenters. The lowest BCUT2D eigenvalue weighted by molar-refractivity contribution is -0.139.